The first-order chi connectivity index (χ1) is 11.6. The van der Waals surface area contributed by atoms with E-state index >= 15 is 0 Å². The van der Waals surface area contributed by atoms with Gasteiger partial charge in [0.2, 0.25) is 5.91 Å². The molecule has 0 aromatic heterocycles. The second-order valence-corrected chi connectivity index (χ2v) is 9.99. The average Bonchev–Trinajstić information content (AvgIpc) is 2.79. The van der Waals surface area contributed by atoms with Gasteiger partial charge in [0.25, 0.3) is 9.70 Å². The predicted molar refractivity (Wildman–Crippen MR) is 97.7 cm³/mol. The zero-order chi connectivity index (χ0) is 18.7. The van der Waals surface area contributed by atoms with Gasteiger partial charge in [-0.3, -0.25) is 9.59 Å². The van der Waals surface area contributed by atoms with Crippen LogP contribution < -0.4 is 16.0 Å². The minimum Gasteiger partial charge on any atom is -0.347 e. The van der Waals surface area contributed by atoms with Gasteiger partial charge in [0, 0.05) is 11.7 Å². The number of rotatable bonds is 5. The highest BCUT2D eigenvalue weighted by atomic mass is 35.6. The van der Waals surface area contributed by atoms with E-state index < -0.39 is 31.6 Å². The Bertz CT molecular complexity index is 737. The number of para-hydroxylation sites is 1. The molecule has 7 nitrogen and oxygen atoms in total. The van der Waals surface area contributed by atoms with Crippen LogP contribution in [0.5, 0.6) is 0 Å². The molecule has 1 aliphatic rings. The number of benzene rings is 1. The van der Waals surface area contributed by atoms with Gasteiger partial charge in [-0.25, -0.2) is 8.42 Å². The van der Waals surface area contributed by atoms with Crippen molar-refractivity contribution in [1.82, 2.24) is 10.6 Å². The van der Waals surface area contributed by atoms with Crippen LogP contribution in [0.2, 0.25) is 0 Å². The first kappa shape index (κ1) is 20.3. The number of nitrogens with one attached hydrogen (secondary N) is 3. The normalized spacial score (nSPS) is 22.4. The Morgan fingerprint density at radius 1 is 1.08 bits per heavy atom. The number of hydrogen-bond acceptors (Lipinski definition) is 5. The second-order valence-electron chi connectivity index (χ2n) is 5.56. The third-order valence-corrected chi connectivity index (χ3v) is 5.76. The van der Waals surface area contributed by atoms with E-state index in [1.54, 1.807) is 24.3 Å². The lowest BCUT2D eigenvalue weighted by molar-refractivity contribution is -0.120. The molecule has 1 fully saturated rings. The fourth-order valence-corrected chi connectivity index (χ4v) is 4.45. The maximum absolute atomic E-state index is 11.9. The van der Waals surface area contributed by atoms with Crippen molar-refractivity contribution in [3.63, 3.8) is 0 Å². The van der Waals surface area contributed by atoms with Crippen LogP contribution >= 0.6 is 34.8 Å². The molecule has 1 aromatic rings. The van der Waals surface area contributed by atoms with Crippen LogP contribution in [-0.2, 0) is 19.4 Å². The topological polar surface area (TPSA) is 104 Å². The molecule has 25 heavy (non-hydrogen) atoms. The number of amides is 2. The van der Waals surface area contributed by atoms with Crippen molar-refractivity contribution in [2.75, 3.05) is 23.4 Å². The summed E-state index contributed by atoms with van der Waals surface area (Å²) in [6.07, 6.45) is 0. The molecule has 3 N–H and O–H groups in total. The Morgan fingerprint density at radius 3 is 2.28 bits per heavy atom. The van der Waals surface area contributed by atoms with E-state index in [2.05, 4.69) is 16.0 Å². The molecule has 0 bridgehead atoms. The fourth-order valence-electron chi connectivity index (χ4n) is 2.39. The van der Waals surface area contributed by atoms with E-state index in [-0.39, 0.29) is 24.0 Å². The molecule has 2 amide bonds. The van der Waals surface area contributed by atoms with Crippen LogP contribution in [0.3, 0.4) is 0 Å². The first-order valence-electron chi connectivity index (χ1n) is 7.23. The molecule has 1 aliphatic heterocycles. The summed E-state index contributed by atoms with van der Waals surface area (Å²) in [6.45, 7) is -0.130. The number of halogens is 3. The molecule has 11 heteroatoms. The quantitative estimate of drug-likeness (QED) is 0.604. The number of anilines is 1. The van der Waals surface area contributed by atoms with Crippen LogP contribution in [0, 0.1) is 0 Å². The highest BCUT2D eigenvalue weighted by Crippen LogP contribution is 2.26. The van der Waals surface area contributed by atoms with E-state index in [0.717, 1.165) is 0 Å². The van der Waals surface area contributed by atoms with E-state index in [1.807, 2.05) is 6.07 Å². The summed E-state index contributed by atoms with van der Waals surface area (Å²) in [6, 6.07) is 7.35. The van der Waals surface area contributed by atoms with Crippen LogP contribution in [0.4, 0.5) is 5.69 Å². The molecule has 2 rings (SSSR count). The minimum absolute atomic E-state index is 0.130. The van der Waals surface area contributed by atoms with Crippen LogP contribution in [-0.4, -0.2) is 54.2 Å². The van der Waals surface area contributed by atoms with Crippen LogP contribution in [0.25, 0.3) is 0 Å². The highest BCUT2D eigenvalue weighted by Gasteiger charge is 2.41. The van der Waals surface area contributed by atoms with E-state index in [4.69, 9.17) is 34.8 Å². The van der Waals surface area contributed by atoms with Gasteiger partial charge in [-0.05, 0) is 12.1 Å². The fraction of sp³-hybridized carbons (Fsp3) is 0.429. The monoisotopic (exact) mass is 427 g/mol. The lowest BCUT2D eigenvalue weighted by Crippen LogP contribution is -2.53. The van der Waals surface area contributed by atoms with E-state index in [0.29, 0.717) is 5.69 Å². The summed E-state index contributed by atoms with van der Waals surface area (Å²) < 4.78 is 21.5. The molecule has 0 radical (unpaired) electrons. The van der Waals surface area contributed by atoms with Crippen molar-refractivity contribution in [3.05, 3.63) is 30.3 Å². The summed E-state index contributed by atoms with van der Waals surface area (Å²) in [5.74, 6) is -1.78. The van der Waals surface area contributed by atoms with E-state index in [9.17, 15) is 18.0 Å². The summed E-state index contributed by atoms with van der Waals surface area (Å²) in [5.41, 5.74) is 0.620. The number of carbonyl (C=O) groups excluding carboxylic acids is 2. The summed E-state index contributed by atoms with van der Waals surface area (Å²) in [4.78, 5) is 23.7. The zero-order valence-electron chi connectivity index (χ0n) is 12.8. The van der Waals surface area contributed by atoms with Gasteiger partial charge in [0.15, 0.2) is 9.84 Å². The van der Waals surface area contributed by atoms with Crippen molar-refractivity contribution in [3.8, 4) is 0 Å². The van der Waals surface area contributed by atoms with Gasteiger partial charge < -0.3 is 16.0 Å². The SMILES string of the molecule is O=C(CNC1CS(=O)(=O)CC1NC(=O)C(Cl)(Cl)Cl)Nc1ccccc1. The molecule has 0 saturated carbocycles. The third-order valence-electron chi connectivity index (χ3n) is 3.51. The Morgan fingerprint density at radius 2 is 1.68 bits per heavy atom. The molecule has 0 spiro atoms. The largest absolute Gasteiger partial charge is 0.347 e. The van der Waals surface area contributed by atoms with Crippen molar-refractivity contribution >= 4 is 62.1 Å². The van der Waals surface area contributed by atoms with Crippen LogP contribution in [0.1, 0.15) is 0 Å². The molecule has 1 saturated heterocycles. The van der Waals surface area contributed by atoms with Crippen LogP contribution in [0.15, 0.2) is 30.3 Å². The van der Waals surface area contributed by atoms with Crippen molar-refractivity contribution in [2.45, 2.75) is 15.9 Å². The molecular formula is C14H16Cl3N3O4S. The van der Waals surface area contributed by atoms with Gasteiger partial charge in [-0.15, -0.1) is 0 Å². The number of alkyl halides is 3. The van der Waals surface area contributed by atoms with Gasteiger partial charge in [-0.2, -0.15) is 0 Å². The molecule has 2 atom stereocenters. The van der Waals surface area contributed by atoms with Gasteiger partial charge in [0.1, 0.15) is 0 Å². The van der Waals surface area contributed by atoms with Gasteiger partial charge in [0.05, 0.1) is 24.1 Å². The number of carbonyl (C=O) groups is 2. The molecule has 2 unspecified atom stereocenters. The molecule has 138 valence electrons. The average molecular weight is 429 g/mol. The number of hydrogen-bond donors (Lipinski definition) is 3. The Balaban J connectivity index is 1.94. The maximum atomic E-state index is 11.9. The van der Waals surface area contributed by atoms with Gasteiger partial charge >= 0.3 is 0 Å². The zero-order valence-corrected chi connectivity index (χ0v) is 15.9. The van der Waals surface area contributed by atoms with Crippen molar-refractivity contribution in [2.24, 2.45) is 0 Å². The second kappa shape index (κ2) is 8.09. The summed E-state index contributed by atoms with van der Waals surface area (Å²) in [5, 5.41) is 7.88. The molecule has 1 aromatic carbocycles. The van der Waals surface area contributed by atoms with Crippen molar-refractivity contribution < 1.29 is 18.0 Å². The lowest BCUT2D eigenvalue weighted by Gasteiger charge is -2.22. The lowest BCUT2D eigenvalue weighted by atomic mass is 10.1. The van der Waals surface area contributed by atoms with Gasteiger partial charge in [-0.1, -0.05) is 53.0 Å². The predicted octanol–water partition coefficient (Wildman–Crippen LogP) is 0.867. The smallest absolute Gasteiger partial charge is 0.272 e. The maximum Gasteiger partial charge on any atom is 0.272 e. The standard InChI is InChI=1S/C14H16Cl3N3O4S/c15-14(16,17)13(22)20-11-8-25(23,24)7-10(11)18-6-12(21)19-9-4-2-1-3-5-9/h1-5,10-11,18H,6-8H2,(H,19,21)(H,20,22). The Kier molecular flexibility index (Phi) is 6.56. The first-order valence-corrected chi connectivity index (χ1v) is 10.2. The number of sulfone groups is 1. The summed E-state index contributed by atoms with van der Waals surface area (Å²) >= 11 is 16.5. The molecule has 1 heterocycles. The van der Waals surface area contributed by atoms with Crippen molar-refractivity contribution in [1.29, 1.82) is 0 Å². The minimum atomic E-state index is -3.38. The molecular weight excluding hydrogens is 413 g/mol. The Hall–Kier alpha value is -1.06. The third kappa shape index (κ3) is 6.31. The summed E-state index contributed by atoms with van der Waals surface area (Å²) in [7, 11) is -3.38. The van der Waals surface area contributed by atoms with E-state index in [1.165, 1.54) is 0 Å². The molecule has 0 aliphatic carbocycles. The Labute approximate surface area is 160 Å². The highest BCUT2D eigenvalue weighted by molar-refractivity contribution is 7.91.